The maximum Gasteiger partial charge on any atom is 0.330 e. The smallest absolute Gasteiger partial charge is 0.330 e. The van der Waals surface area contributed by atoms with Gasteiger partial charge in [-0.2, -0.15) is 0 Å². The number of methoxy groups -OCH3 is 1. The molecule has 12 nitrogen and oxygen atoms in total. The van der Waals surface area contributed by atoms with Gasteiger partial charge in [-0.15, -0.1) is 0 Å². The molecule has 2 rings (SSSR count). The van der Waals surface area contributed by atoms with Crippen molar-refractivity contribution in [2.24, 2.45) is 16.2 Å². The number of carboxylic acids is 2. The third-order valence-electron chi connectivity index (χ3n) is 9.01. The van der Waals surface area contributed by atoms with Crippen LogP contribution in [0.5, 0.6) is 0 Å². The average molecular weight is 890 g/mol. The minimum absolute atomic E-state index is 0. The molecule has 13 heteroatoms. The summed E-state index contributed by atoms with van der Waals surface area (Å²) >= 11 is 0. The lowest BCUT2D eigenvalue weighted by Gasteiger charge is -2.42. The Bertz CT molecular complexity index is 1440. The zero-order valence-electron chi connectivity index (χ0n) is 34.3. The fourth-order valence-corrected chi connectivity index (χ4v) is 5.35. The Morgan fingerprint density at radius 1 is 0.672 bits per heavy atom. The molecule has 0 amide bonds. The fourth-order valence-electron chi connectivity index (χ4n) is 5.35. The minimum Gasteiger partial charge on any atom is -0.577 e. The van der Waals surface area contributed by atoms with Crippen LogP contribution < -0.4 is 0 Å². The largest absolute Gasteiger partial charge is 0.577 e. The van der Waals surface area contributed by atoms with Crippen LogP contribution in [-0.2, 0) is 46.6 Å². The van der Waals surface area contributed by atoms with Gasteiger partial charge in [0.2, 0.25) is 0 Å². The highest BCUT2D eigenvalue weighted by Gasteiger charge is 2.48. The molecule has 5 atom stereocenters. The summed E-state index contributed by atoms with van der Waals surface area (Å²) in [5.41, 5.74) is 1.17. The molecule has 2 aromatic carbocycles. The Labute approximate surface area is 375 Å². The maximum absolute atomic E-state index is 12.2. The van der Waals surface area contributed by atoms with Crippen molar-refractivity contribution in [3.63, 3.8) is 0 Å². The lowest BCUT2D eigenvalue weighted by Crippen LogP contribution is -2.45. The fraction of sp³-hybridized carbons (Fsp3) is 0.562. The number of carbonyl (C=O) groups is 3. The predicted molar refractivity (Wildman–Crippen MR) is 260 cm³/mol. The van der Waals surface area contributed by atoms with Gasteiger partial charge in [-0.25, -0.2) is 19.5 Å². The molecule has 0 aromatic heterocycles. The Hall–Kier alpha value is -3.74. The van der Waals surface area contributed by atoms with Gasteiger partial charge in [-0.3, -0.25) is 25.4 Å². The van der Waals surface area contributed by atoms with Crippen LogP contribution in [0.15, 0.2) is 97.1 Å². The Morgan fingerprint density at radius 3 is 1.31 bits per heavy atom. The first kappa shape index (κ1) is 77.8. The number of rotatable bonds is 18. The Morgan fingerprint density at radius 2 is 1.07 bits per heavy atom. The van der Waals surface area contributed by atoms with Crippen LogP contribution >= 0.6 is 9.90 Å². The molecule has 0 bridgehead atoms. The van der Waals surface area contributed by atoms with Gasteiger partial charge in [-0.1, -0.05) is 139 Å². The minimum atomic E-state index is -1.20. The highest BCUT2D eigenvalue weighted by atomic mass is 31.0. The summed E-state index contributed by atoms with van der Waals surface area (Å²) in [4.78, 5) is 47.0. The van der Waals surface area contributed by atoms with E-state index in [2.05, 4.69) is 29.5 Å². The van der Waals surface area contributed by atoms with E-state index in [0.29, 0.717) is 19.3 Å². The molecule has 5 N–H and O–H groups in total. The van der Waals surface area contributed by atoms with Gasteiger partial charge in [-0.05, 0) is 95.4 Å². The molecule has 0 spiro atoms. The summed E-state index contributed by atoms with van der Waals surface area (Å²) in [7, 11) is 1.30. The molecule has 0 aliphatic heterocycles. The number of carbonyl (C=O) groups excluding carboxylic acids is 1. The number of esters is 1. The van der Waals surface area contributed by atoms with E-state index < -0.39 is 40.3 Å². The first-order valence-electron chi connectivity index (χ1n) is 17.5. The molecular weight excluding hydrogens is 799 g/mol. The quantitative estimate of drug-likeness (QED) is 0.0238. The second-order valence-corrected chi connectivity index (χ2v) is 14.7. The van der Waals surface area contributed by atoms with Gasteiger partial charge in [0.05, 0.1) is 17.9 Å². The SMILES string of the molecule is C.C.C.C.C.C.C=C(C)C(=O)O.C=C(C)C(C)OO.C=C(C)C(Cc1ccccc1)OO.CCC(C)(CC(C)(CC(C)(C)C(=O)OC)C(=O)O)C(Cc1ccccc1)OO.[PH2-]. The van der Waals surface area contributed by atoms with Crippen LogP contribution in [-0.4, -0.2) is 69.3 Å². The number of hydrogen-bond donors (Lipinski definition) is 5. The van der Waals surface area contributed by atoms with Gasteiger partial charge < -0.3 is 24.8 Å². The van der Waals surface area contributed by atoms with Gasteiger partial charge in [0.25, 0.3) is 0 Å². The highest BCUT2D eigenvalue weighted by molar-refractivity contribution is 6.92. The van der Waals surface area contributed by atoms with E-state index in [-0.39, 0.29) is 85.1 Å². The van der Waals surface area contributed by atoms with Crippen molar-refractivity contribution >= 4 is 27.8 Å². The zero-order valence-corrected chi connectivity index (χ0v) is 35.5. The van der Waals surface area contributed by atoms with Crippen LogP contribution in [0.2, 0.25) is 0 Å². The number of carboxylic acid groups (broad SMARTS) is 2. The third kappa shape index (κ3) is 30.9. The van der Waals surface area contributed by atoms with Crippen molar-refractivity contribution < 1.29 is 59.8 Å². The maximum atomic E-state index is 12.2. The van der Waals surface area contributed by atoms with Crippen molar-refractivity contribution in [2.45, 2.75) is 157 Å². The van der Waals surface area contributed by atoms with E-state index in [9.17, 15) is 24.7 Å². The third-order valence-corrected chi connectivity index (χ3v) is 9.01. The lowest BCUT2D eigenvalue weighted by atomic mass is 9.63. The van der Waals surface area contributed by atoms with Crippen LogP contribution in [0.3, 0.4) is 0 Å². The molecule has 0 fully saturated rings. The molecule has 0 aliphatic rings. The van der Waals surface area contributed by atoms with Crippen molar-refractivity contribution in [2.75, 3.05) is 7.11 Å². The summed E-state index contributed by atoms with van der Waals surface area (Å²) in [5, 5.41) is 44.1. The van der Waals surface area contributed by atoms with Gasteiger partial charge >= 0.3 is 17.9 Å². The van der Waals surface area contributed by atoms with Gasteiger partial charge in [0, 0.05) is 18.4 Å². The molecular formula is C48H90O12P-. The molecule has 0 aliphatic carbocycles. The van der Waals surface area contributed by atoms with E-state index in [1.54, 1.807) is 34.6 Å². The number of hydrogen-bond acceptors (Lipinski definition) is 10. The second-order valence-electron chi connectivity index (χ2n) is 14.7. The average Bonchev–Trinajstić information content (AvgIpc) is 3.13. The molecule has 0 saturated heterocycles. The van der Waals surface area contributed by atoms with Crippen molar-refractivity contribution in [3.05, 3.63) is 108 Å². The number of aliphatic carboxylic acids is 2. The van der Waals surface area contributed by atoms with Gasteiger partial charge in [0.1, 0.15) is 18.3 Å². The summed E-state index contributed by atoms with van der Waals surface area (Å²) < 4.78 is 4.85. The van der Waals surface area contributed by atoms with E-state index in [0.717, 1.165) is 22.3 Å². The lowest BCUT2D eigenvalue weighted by molar-refractivity contribution is -0.305. The van der Waals surface area contributed by atoms with E-state index >= 15 is 0 Å². The predicted octanol–water partition coefficient (Wildman–Crippen LogP) is 13.5. The monoisotopic (exact) mass is 890 g/mol. The van der Waals surface area contributed by atoms with Crippen LogP contribution in [0.1, 0.15) is 137 Å². The molecule has 0 heterocycles. The van der Waals surface area contributed by atoms with Crippen LogP contribution in [0.4, 0.5) is 0 Å². The molecule has 61 heavy (non-hydrogen) atoms. The van der Waals surface area contributed by atoms with Crippen molar-refractivity contribution in [3.8, 4) is 0 Å². The van der Waals surface area contributed by atoms with Crippen molar-refractivity contribution in [1.82, 2.24) is 0 Å². The molecule has 360 valence electrons. The summed E-state index contributed by atoms with van der Waals surface area (Å²) in [6.07, 6.45) is 0.949. The zero-order chi connectivity index (χ0) is 42.3. The van der Waals surface area contributed by atoms with E-state index in [4.69, 9.17) is 25.2 Å². The number of ether oxygens (including phenoxy) is 1. The van der Waals surface area contributed by atoms with Crippen LogP contribution in [0, 0.1) is 16.2 Å². The molecule has 2 aromatic rings. The van der Waals surface area contributed by atoms with Gasteiger partial charge in [0.15, 0.2) is 0 Å². The van der Waals surface area contributed by atoms with E-state index in [1.165, 1.54) is 14.0 Å². The van der Waals surface area contributed by atoms with E-state index in [1.807, 2.05) is 81.4 Å². The van der Waals surface area contributed by atoms with Crippen LogP contribution in [0.25, 0.3) is 0 Å². The highest BCUT2D eigenvalue weighted by Crippen LogP contribution is 2.47. The first-order valence-corrected chi connectivity index (χ1v) is 17.5. The molecule has 5 unspecified atom stereocenters. The first-order chi connectivity index (χ1) is 25.0. The van der Waals surface area contributed by atoms with Crippen molar-refractivity contribution in [1.29, 1.82) is 0 Å². The number of benzene rings is 2. The summed E-state index contributed by atoms with van der Waals surface area (Å²) in [6, 6.07) is 19.5. The normalized spacial score (nSPS) is 12.9. The Kier molecular flexibility index (Phi) is 49.9. The standard InChI is InChI=1S/C22H34O6.C11H14O2.C5H10O2.C4H6O2.6CH4.H2P/c1-7-21(4,17(28-26)13-16-11-9-8-10-12-16)15-22(5,18(23)24)14-20(2,3)19(25)27-6;1-9(2)11(13-12)8-10-6-4-3-5-7-10;1-4(2)5(3)7-6;1-3(2)4(5)6;;;;;;;/h8-12,17,26H,7,13-15H2,1-6H3,(H,23,24);3-7,11-12H,1,8H2,2H3;5-6H,1H2,2-3H3;1H2,2H3,(H,5,6);6*1H4;1H2/q;;;;;;;;;;-1. The summed E-state index contributed by atoms with van der Waals surface area (Å²) in [6.45, 7) is 26.1. The topological polar surface area (TPSA) is 189 Å². The Balaban J connectivity index is -0.0000000982. The molecule has 0 radical (unpaired) electrons. The summed E-state index contributed by atoms with van der Waals surface area (Å²) in [5.74, 6) is -2.37. The molecule has 0 saturated carbocycles. The second kappa shape index (κ2) is 39.1.